The van der Waals surface area contributed by atoms with Crippen molar-refractivity contribution < 1.29 is 18.0 Å². The van der Waals surface area contributed by atoms with Gasteiger partial charge in [0, 0.05) is 43.3 Å². The van der Waals surface area contributed by atoms with Gasteiger partial charge in [0.25, 0.3) is 5.91 Å². The average Bonchev–Trinajstić information content (AvgIpc) is 3.67. The molecule has 0 aromatic heterocycles. The lowest BCUT2D eigenvalue weighted by molar-refractivity contribution is -0.117. The van der Waals surface area contributed by atoms with Gasteiger partial charge in [-0.2, -0.15) is 4.31 Å². The van der Waals surface area contributed by atoms with Crippen LogP contribution in [0.4, 0.5) is 17.1 Å². The number of hydrogen-bond acceptors (Lipinski definition) is 5. The van der Waals surface area contributed by atoms with Crippen molar-refractivity contribution in [2.24, 2.45) is 5.92 Å². The standard InChI is InChI=1S/C25H34N4O4S/c1-5-28(6-2)23-16-15-21(34(32,33)29(7-3)8-4)17-22(23)27-25(31)19-11-13-20(14-12-19)26-24(30)18-9-10-18/h11-18H,5-10H2,1-4H3,(H,26,30)(H,27,31). The van der Waals surface area contributed by atoms with Crippen LogP contribution < -0.4 is 15.5 Å². The molecule has 1 saturated carbocycles. The van der Waals surface area contributed by atoms with Crippen LogP contribution in [0.25, 0.3) is 0 Å². The molecule has 0 atom stereocenters. The van der Waals surface area contributed by atoms with Crippen LogP contribution in [0.15, 0.2) is 47.4 Å². The van der Waals surface area contributed by atoms with Gasteiger partial charge in [0.1, 0.15) is 0 Å². The molecule has 0 bridgehead atoms. The average molecular weight is 487 g/mol. The van der Waals surface area contributed by atoms with Crippen LogP contribution in [0.2, 0.25) is 0 Å². The second-order valence-electron chi connectivity index (χ2n) is 8.24. The highest BCUT2D eigenvalue weighted by Gasteiger charge is 2.29. The van der Waals surface area contributed by atoms with Crippen LogP contribution in [0.5, 0.6) is 0 Å². The summed E-state index contributed by atoms with van der Waals surface area (Å²) >= 11 is 0. The van der Waals surface area contributed by atoms with E-state index in [-0.39, 0.29) is 22.6 Å². The fourth-order valence-electron chi connectivity index (χ4n) is 3.82. The highest BCUT2D eigenvalue weighted by molar-refractivity contribution is 7.89. The zero-order valence-corrected chi connectivity index (χ0v) is 21.1. The first kappa shape index (κ1) is 25.7. The molecule has 34 heavy (non-hydrogen) atoms. The van der Waals surface area contributed by atoms with E-state index in [4.69, 9.17) is 0 Å². The third kappa shape index (κ3) is 5.77. The van der Waals surface area contributed by atoms with Crippen molar-refractivity contribution in [3.05, 3.63) is 48.0 Å². The Labute approximate surface area is 202 Å². The van der Waals surface area contributed by atoms with E-state index in [0.29, 0.717) is 43.1 Å². The van der Waals surface area contributed by atoms with E-state index >= 15 is 0 Å². The van der Waals surface area contributed by atoms with E-state index in [1.54, 1.807) is 50.2 Å². The van der Waals surface area contributed by atoms with Crippen LogP contribution in [-0.4, -0.2) is 50.7 Å². The Morgan fingerprint density at radius 3 is 2.03 bits per heavy atom. The number of nitrogens with one attached hydrogen (secondary N) is 2. The van der Waals surface area contributed by atoms with Gasteiger partial charge in [0.15, 0.2) is 0 Å². The van der Waals surface area contributed by atoms with Crippen LogP contribution in [0.1, 0.15) is 50.9 Å². The van der Waals surface area contributed by atoms with Crippen molar-refractivity contribution in [2.75, 3.05) is 41.7 Å². The number of rotatable bonds is 11. The number of sulfonamides is 1. The number of hydrogen-bond donors (Lipinski definition) is 2. The monoisotopic (exact) mass is 486 g/mol. The molecule has 1 aliphatic rings. The lowest BCUT2D eigenvalue weighted by atomic mass is 10.1. The largest absolute Gasteiger partial charge is 0.370 e. The zero-order chi connectivity index (χ0) is 24.9. The number of amides is 2. The van der Waals surface area contributed by atoms with Crippen molar-refractivity contribution in [2.45, 2.75) is 45.4 Å². The highest BCUT2D eigenvalue weighted by Crippen LogP contribution is 2.32. The maximum atomic E-state index is 13.1. The summed E-state index contributed by atoms with van der Waals surface area (Å²) in [7, 11) is -3.68. The van der Waals surface area contributed by atoms with E-state index in [1.165, 1.54) is 10.4 Å². The number of carbonyl (C=O) groups is 2. The maximum Gasteiger partial charge on any atom is 0.255 e. The lowest BCUT2D eigenvalue weighted by Gasteiger charge is -2.26. The minimum atomic E-state index is -3.68. The Hall–Kier alpha value is -2.91. The van der Waals surface area contributed by atoms with Crippen LogP contribution in [-0.2, 0) is 14.8 Å². The highest BCUT2D eigenvalue weighted by atomic mass is 32.2. The SMILES string of the molecule is CCN(CC)c1ccc(S(=O)(=O)N(CC)CC)cc1NC(=O)c1ccc(NC(=O)C2CC2)cc1. The summed E-state index contributed by atoms with van der Waals surface area (Å²) in [6.45, 7) is 9.74. The summed E-state index contributed by atoms with van der Waals surface area (Å²) in [5, 5.41) is 5.76. The molecule has 0 heterocycles. The van der Waals surface area contributed by atoms with E-state index < -0.39 is 10.0 Å². The molecular weight excluding hydrogens is 452 g/mol. The van der Waals surface area contributed by atoms with Crippen molar-refractivity contribution >= 4 is 38.9 Å². The van der Waals surface area contributed by atoms with Gasteiger partial charge in [0.2, 0.25) is 15.9 Å². The first-order valence-electron chi connectivity index (χ1n) is 11.9. The fourth-order valence-corrected chi connectivity index (χ4v) is 5.30. The van der Waals surface area contributed by atoms with E-state index in [9.17, 15) is 18.0 Å². The lowest BCUT2D eigenvalue weighted by Crippen LogP contribution is -2.31. The summed E-state index contributed by atoms with van der Waals surface area (Å²) in [4.78, 5) is 27.2. The molecule has 2 N–H and O–H groups in total. The third-order valence-electron chi connectivity index (χ3n) is 6.03. The van der Waals surface area contributed by atoms with Gasteiger partial charge >= 0.3 is 0 Å². The molecule has 8 nitrogen and oxygen atoms in total. The summed E-state index contributed by atoms with van der Waals surface area (Å²) in [6.07, 6.45) is 1.84. The van der Waals surface area contributed by atoms with Gasteiger partial charge in [0.05, 0.1) is 16.3 Å². The molecular formula is C25H34N4O4S. The molecule has 184 valence electrons. The number of carbonyl (C=O) groups excluding carboxylic acids is 2. The van der Waals surface area contributed by atoms with Gasteiger partial charge in [-0.1, -0.05) is 13.8 Å². The Bertz CT molecular complexity index is 1120. The summed E-state index contributed by atoms with van der Waals surface area (Å²) in [6, 6.07) is 11.5. The molecule has 0 aliphatic heterocycles. The smallest absolute Gasteiger partial charge is 0.255 e. The Kier molecular flexibility index (Phi) is 8.33. The minimum Gasteiger partial charge on any atom is -0.370 e. The number of benzene rings is 2. The number of anilines is 3. The van der Waals surface area contributed by atoms with Crippen molar-refractivity contribution in [1.82, 2.24) is 4.31 Å². The first-order valence-corrected chi connectivity index (χ1v) is 13.3. The third-order valence-corrected chi connectivity index (χ3v) is 8.07. The molecule has 0 saturated heterocycles. The Balaban J connectivity index is 1.88. The molecule has 2 aromatic rings. The number of nitrogens with zero attached hydrogens (tertiary/aromatic N) is 2. The predicted molar refractivity (Wildman–Crippen MR) is 136 cm³/mol. The first-order chi connectivity index (χ1) is 16.2. The van der Waals surface area contributed by atoms with Gasteiger partial charge in [-0.15, -0.1) is 0 Å². The van der Waals surface area contributed by atoms with Gasteiger partial charge in [-0.25, -0.2) is 8.42 Å². The van der Waals surface area contributed by atoms with Gasteiger partial charge in [-0.05, 0) is 69.2 Å². The van der Waals surface area contributed by atoms with Crippen LogP contribution in [0.3, 0.4) is 0 Å². The topological polar surface area (TPSA) is 98.8 Å². The molecule has 0 unspecified atom stereocenters. The van der Waals surface area contributed by atoms with Crippen LogP contribution >= 0.6 is 0 Å². The minimum absolute atomic E-state index is 0.00675. The molecule has 2 aromatic carbocycles. The second kappa shape index (κ2) is 11.0. The summed E-state index contributed by atoms with van der Waals surface area (Å²) in [5.74, 6) is -0.250. The normalized spacial score (nSPS) is 13.6. The summed E-state index contributed by atoms with van der Waals surface area (Å²) < 4.78 is 27.5. The maximum absolute atomic E-state index is 13.1. The van der Waals surface area contributed by atoms with Crippen molar-refractivity contribution in [1.29, 1.82) is 0 Å². The van der Waals surface area contributed by atoms with E-state index in [1.807, 2.05) is 13.8 Å². The Morgan fingerprint density at radius 1 is 0.882 bits per heavy atom. The molecule has 1 fully saturated rings. The molecule has 1 aliphatic carbocycles. The van der Waals surface area contributed by atoms with Gasteiger partial charge in [-0.3, -0.25) is 9.59 Å². The van der Waals surface area contributed by atoms with Crippen molar-refractivity contribution in [3.63, 3.8) is 0 Å². The predicted octanol–water partition coefficient (Wildman–Crippen LogP) is 4.16. The van der Waals surface area contributed by atoms with Gasteiger partial charge < -0.3 is 15.5 Å². The molecule has 0 spiro atoms. The van der Waals surface area contributed by atoms with E-state index in [0.717, 1.165) is 18.5 Å². The van der Waals surface area contributed by atoms with Crippen molar-refractivity contribution in [3.8, 4) is 0 Å². The van der Waals surface area contributed by atoms with E-state index in [2.05, 4.69) is 15.5 Å². The quantitative estimate of drug-likeness (QED) is 0.497. The molecule has 2 amide bonds. The Morgan fingerprint density at radius 2 is 1.50 bits per heavy atom. The van der Waals surface area contributed by atoms with Crippen LogP contribution in [0, 0.1) is 5.92 Å². The second-order valence-corrected chi connectivity index (χ2v) is 10.2. The molecule has 9 heteroatoms. The fraction of sp³-hybridized carbons (Fsp3) is 0.440. The zero-order valence-electron chi connectivity index (χ0n) is 20.3. The molecule has 0 radical (unpaired) electrons. The molecule has 3 rings (SSSR count). The summed E-state index contributed by atoms with van der Waals surface area (Å²) in [5.41, 5.74) is 2.25.